The number of aliphatic hydroxyl groups is 1. The molecular weight excluding hydrogens is 271 g/mol. The zero-order chi connectivity index (χ0) is 15.2. The highest BCUT2D eigenvalue weighted by molar-refractivity contribution is 6.04. The number of aryl methyl sites for hydroxylation is 1. The molecule has 1 heterocycles. The summed E-state index contributed by atoms with van der Waals surface area (Å²) in [5.41, 5.74) is 1.06. The fourth-order valence-electron chi connectivity index (χ4n) is 1.71. The zero-order valence-electron chi connectivity index (χ0n) is 11.4. The summed E-state index contributed by atoms with van der Waals surface area (Å²) < 4.78 is 13.9. The molecule has 1 aromatic carbocycles. The minimum absolute atomic E-state index is 0.0899. The first-order chi connectivity index (χ1) is 10.1. The highest BCUT2D eigenvalue weighted by Gasteiger charge is 2.12. The van der Waals surface area contributed by atoms with Gasteiger partial charge in [0.25, 0.3) is 5.91 Å². The van der Waals surface area contributed by atoms with E-state index in [0.717, 1.165) is 11.8 Å². The van der Waals surface area contributed by atoms with E-state index in [1.807, 2.05) is 0 Å². The minimum Gasteiger partial charge on any atom is -0.384 e. The van der Waals surface area contributed by atoms with Crippen LogP contribution in [-0.2, 0) is 0 Å². The van der Waals surface area contributed by atoms with Gasteiger partial charge in [0.05, 0.1) is 5.56 Å². The molecule has 2 N–H and O–H groups in total. The SMILES string of the molecule is Cc1cccc(NC(=O)c2ccc(C#CCO)cc2F)n1. The van der Waals surface area contributed by atoms with Crippen molar-refractivity contribution in [2.45, 2.75) is 6.92 Å². The molecule has 1 amide bonds. The van der Waals surface area contributed by atoms with E-state index in [9.17, 15) is 9.18 Å². The van der Waals surface area contributed by atoms with Crippen LogP contribution < -0.4 is 5.32 Å². The normalized spacial score (nSPS) is 9.67. The van der Waals surface area contributed by atoms with E-state index in [1.54, 1.807) is 25.1 Å². The Hall–Kier alpha value is -2.71. The average molecular weight is 284 g/mol. The van der Waals surface area contributed by atoms with Gasteiger partial charge in [0.2, 0.25) is 0 Å². The molecule has 2 aromatic rings. The van der Waals surface area contributed by atoms with Crippen LogP contribution in [0, 0.1) is 24.6 Å². The van der Waals surface area contributed by atoms with Gasteiger partial charge in [0, 0.05) is 11.3 Å². The molecule has 0 aliphatic rings. The lowest BCUT2D eigenvalue weighted by Gasteiger charge is -2.06. The second-order valence-corrected chi connectivity index (χ2v) is 4.27. The average Bonchev–Trinajstić information content (AvgIpc) is 2.45. The number of benzene rings is 1. The Labute approximate surface area is 121 Å². The summed E-state index contributed by atoms with van der Waals surface area (Å²) in [6.45, 7) is 1.49. The molecule has 2 rings (SSSR count). The van der Waals surface area contributed by atoms with Crippen molar-refractivity contribution in [3.8, 4) is 11.8 Å². The molecule has 0 saturated carbocycles. The van der Waals surface area contributed by atoms with Gasteiger partial charge in [-0.1, -0.05) is 17.9 Å². The standard InChI is InChI=1S/C16H13FN2O2/c1-11-4-2-6-15(18-11)19-16(21)13-8-7-12(5-3-9-20)10-14(13)17/h2,4,6-8,10,20H,9H2,1H3,(H,18,19,21). The number of nitrogens with one attached hydrogen (secondary N) is 1. The smallest absolute Gasteiger partial charge is 0.259 e. The summed E-state index contributed by atoms with van der Waals surface area (Å²) in [4.78, 5) is 16.1. The quantitative estimate of drug-likeness (QED) is 0.830. The maximum Gasteiger partial charge on any atom is 0.259 e. The molecule has 0 saturated heterocycles. The Morgan fingerprint density at radius 1 is 1.38 bits per heavy atom. The summed E-state index contributed by atoms with van der Waals surface area (Å²) in [6, 6.07) is 9.20. The van der Waals surface area contributed by atoms with Gasteiger partial charge in [0.1, 0.15) is 18.2 Å². The molecule has 0 aliphatic carbocycles. The van der Waals surface area contributed by atoms with E-state index in [4.69, 9.17) is 5.11 Å². The van der Waals surface area contributed by atoms with E-state index in [2.05, 4.69) is 22.1 Å². The number of carbonyl (C=O) groups excluding carboxylic acids is 1. The molecule has 0 bridgehead atoms. The maximum atomic E-state index is 13.9. The molecule has 4 nitrogen and oxygen atoms in total. The molecule has 5 heteroatoms. The van der Waals surface area contributed by atoms with Gasteiger partial charge in [-0.15, -0.1) is 0 Å². The van der Waals surface area contributed by atoms with Crippen LogP contribution >= 0.6 is 0 Å². The highest BCUT2D eigenvalue weighted by atomic mass is 19.1. The largest absolute Gasteiger partial charge is 0.384 e. The lowest BCUT2D eigenvalue weighted by Crippen LogP contribution is -2.15. The predicted octanol–water partition coefficient (Wildman–Crippen LogP) is 2.13. The fourth-order valence-corrected chi connectivity index (χ4v) is 1.71. The van der Waals surface area contributed by atoms with Gasteiger partial charge in [-0.2, -0.15) is 0 Å². The van der Waals surface area contributed by atoms with Gasteiger partial charge < -0.3 is 10.4 Å². The van der Waals surface area contributed by atoms with Crippen LogP contribution in [0.1, 0.15) is 21.6 Å². The molecule has 0 atom stereocenters. The van der Waals surface area contributed by atoms with Crippen LogP contribution in [0.2, 0.25) is 0 Å². The van der Waals surface area contributed by atoms with Crippen LogP contribution in [0.5, 0.6) is 0 Å². The summed E-state index contributed by atoms with van der Waals surface area (Å²) >= 11 is 0. The molecule has 0 aliphatic heterocycles. The Morgan fingerprint density at radius 3 is 2.86 bits per heavy atom. The number of aromatic nitrogens is 1. The van der Waals surface area contributed by atoms with Gasteiger partial charge >= 0.3 is 0 Å². The molecule has 0 unspecified atom stereocenters. The van der Waals surface area contributed by atoms with Gasteiger partial charge in [-0.3, -0.25) is 4.79 Å². The van der Waals surface area contributed by atoms with E-state index in [-0.39, 0.29) is 12.2 Å². The maximum absolute atomic E-state index is 13.9. The van der Waals surface area contributed by atoms with Crippen LogP contribution in [-0.4, -0.2) is 22.6 Å². The number of anilines is 1. The molecule has 21 heavy (non-hydrogen) atoms. The molecule has 0 radical (unpaired) electrons. The van der Waals surface area contributed by atoms with Gasteiger partial charge in [-0.05, 0) is 37.3 Å². The number of hydrogen-bond donors (Lipinski definition) is 2. The summed E-state index contributed by atoms with van der Waals surface area (Å²) in [5, 5.41) is 11.1. The number of carbonyl (C=O) groups is 1. The third-order valence-corrected chi connectivity index (χ3v) is 2.66. The summed E-state index contributed by atoms with van der Waals surface area (Å²) in [7, 11) is 0. The van der Waals surface area contributed by atoms with E-state index >= 15 is 0 Å². The Morgan fingerprint density at radius 2 is 2.19 bits per heavy atom. The molecule has 106 valence electrons. The Bertz CT molecular complexity index is 733. The van der Waals surface area contributed by atoms with E-state index in [1.165, 1.54) is 12.1 Å². The van der Waals surface area contributed by atoms with Crippen molar-refractivity contribution < 1.29 is 14.3 Å². The van der Waals surface area contributed by atoms with E-state index < -0.39 is 11.7 Å². The van der Waals surface area contributed by atoms with Crippen LogP contribution in [0.15, 0.2) is 36.4 Å². The third-order valence-electron chi connectivity index (χ3n) is 2.66. The van der Waals surface area contributed by atoms with Crippen molar-refractivity contribution in [1.29, 1.82) is 0 Å². The second-order valence-electron chi connectivity index (χ2n) is 4.27. The fraction of sp³-hybridized carbons (Fsp3) is 0.125. The summed E-state index contributed by atoms with van der Waals surface area (Å²) in [5.74, 6) is 4.10. The Balaban J connectivity index is 2.20. The Kier molecular flexibility index (Phi) is 4.64. The monoisotopic (exact) mass is 284 g/mol. The number of halogens is 1. The van der Waals surface area contributed by atoms with E-state index in [0.29, 0.717) is 11.4 Å². The molecule has 0 fully saturated rings. The lowest BCUT2D eigenvalue weighted by atomic mass is 10.1. The molecular formula is C16H13FN2O2. The topological polar surface area (TPSA) is 62.2 Å². The zero-order valence-corrected chi connectivity index (χ0v) is 11.4. The summed E-state index contributed by atoms with van der Waals surface area (Å²) in [6.07, 6.45) is 0. The third kappa shape index (κ3) is 3.88. The van der Waals surface area contributed by atoms with Crippen LogP contribution in [0.3, 0.4) is 0 Å². The van der Waals surface area contributed by atoms with Crippen molar-refractivity contribution >= 4 is 11.7 Å². The number of rotatable bonds is 2. The van der Waals surface area contributed by atoms with Crippen molar-refractivity contribution in [3.63, 3.8) is 0 Å². The van der Waals surface area contributed by atoms with Gasteiger partial charge in [0.15, 0.2) is 0 Å². The minimum atomic E-state index is -0.676. The number of nitrogens with zero attached hydrogens (tertiary/aromatic N) is 1. The van der Waals surface area contributed by atoms with Crippen molar-refractivity contribution in [2.75, 3.05) is 11.9 Å². The lowest BCUT2D eigenvalue weighted by molar-refractivity contribution is 0.102. The van der Waals surface area contributed by atoms with Crippen molar-refractivity contribution in [1.82, 2.24) is 4.98 Å². The van der Waals surface area contributed by atoms with Crippen molar-refractivity contribution in [3.05, 3.63) is 59.0 Å². The molecule has 0 spiro atoms. The first kappa shape index (κ1) is 14.7. The predicted molar refractivity (Wildman–Crippen MR) is 77.3 cm³/mol. The van der Waals surface area contributed by atoms with Crippen LogP contribution in [0.25, 0.3) is 0 Å². The number of pyridine rings is 1. The molecule has 1 aromatic heterocycles. The number of amides is 1. The highest BCUT2D eigenvalue weighted by Crippen LogP contribution is 2.12. The first-order valence-electron chi connectivity index (χ1n) is 6.24. The number of aliphatic hydroxyl groups excluding tert-OH is 1. The van der Waals surface area contributed by atoms with Crippen LogP contribution in [0.4, 0.5) is 10.2 Å². The first-order valence-corrected chi connectivity index (χ1v) is 6.24. The number of hydrogen-bond acceptors (Lipinski definition) is 3. The van der Waals surface area contributed by atoms with Gasteiger partial charge in [-0.25, -0.2) is 9.37 Å². The van der Waals surface area contributed by atoms with Crippen molar-refractivity contribution in [2.24, 2.45) is 0 Å². The second kappa shape index (κ2) is 6.64.